The Balaban J connectivity index is 2.20. The Morgan fingerprint density at radius 2 is 1.90 bits per heavy atom. The van der Waals surface area contributed by atoms with E-state index in [1.54, 1.807) is 6.07 Å². The second-order valence-electron chi connectivity index (χ2n) is 5.19. The largest absolute Gasteiger partial charge is 0.489 e. The molecule has 0 aliphatic rings. The van der Waals surface area contributed by atoms with Gasteiger partial charge in [-0.3, -0.25) is 0 Å². The van der Waals surface area contributed by atoms with E-state index in [2.05, 4.69) is 25.1 Å². The Bertz CT molecular complexity index is 608. The molecule has 0 amide bonds. The smallest absolute Gasteiger partial charge is 0.124 e. The minimum atomic E-state index is -0.295. The first-order valence-electron chi connectivity index (χ1n) is 6.71. The average molecular weight is 273 g/mol. The lowest BCUT2D eigenvalue weighted by molar-refractivity contribution is 0.300. The second kappa shape index (κ2) is 6.06. The third-order valence-electron chi connectivity index (χ3n) is 3.35. The third kappa shape index (κ3) is 3.36. The van der Waals surface area contributed by atoms with Gasteiger partial charge in [-0.25, -0.2) is 4.39 Å². The molecule has 20 heavy (non-hydrogen) atoms. The molecule has 0 heterocycles. The van der Waals surface area contributed by atoms with Crippen LogP contribution < -0.4 is 10.5 Å². The number of nitrogens with two attached hydrogens (primary N) is 1. The van der Waals surface area contributed by atoms with Gasteiger partial charge in [0, 0.05) is 11.6 Å². The van der Waals surface area contributed by atoms with Crippen molar-refractivity contribution in [3.8, 4) is 5.75 Å². The Hall–Kier alpha value is -1.87. The highest BCUT2D eigenvalue weighted by molar-refractivity contribution is 5.37. The van der Waals surface area contributed by atoms with Crippen LogP contribution in [0.15, 0.2) is 36.4 Å². The zero-order valence-corrected chi connectivity index (χ0v) is 12.1. The number of aryl methyl sites for hydroxylation is 2. The van der Waals surface area contributed by atoms with Gasteiger partial charge in [-0.15, -0.1) is 0 Å². The van der Waals surface area contributed by atoms with Crippen LogP contribution in [0.25, 0.3) is 0 Å². The van der Waals surface area contributed by atoms with Crippen molar-refractivity contribution in [3.05, 3.63) is 64.5 Å². The molecule has 0 aliphatic carbocycles. The van der Waals surface area contributed by atoms with E-state index >= 15 is 0 Å². The average Bonchev–Trinajstić information content (AvgIpc) is 2.40. The van der Waals surface area contributed by atoms with Gasteiger partial charge in [0.2, 0.25) is 0 Å². The van der Waals surface area contributed by atoms with E-state index in [1.807, 2.05) is 13.8 Å². The minimum Gasteiger partial charge on any atom is -0.489 e. The van der Waals surface area contributed by atoms with Crippen molar-refractivity contribution >= 4 is 0 Å². The summed E-state index contributed by atoms with van der Waals surface area (Å²) in [5, 5.41) is 0. The van der Waals surface area contributed by atoms with Crippen LogP contribution in [0.4, 0.5) is 4.39 Å². The van der Waals surface area contributed by atoms with Crippen LogP contribution in [0.2, 0.25) is 0 Å². The summed E-state index contributed by atoms with van der Waals surface area (Å²) in [6, 6.07) is 10.4. The molecule has 0 aliphatic heterocycles. The normalized spacial score (nSPS) is 12.2. The maximum Gasteiger partial charge on any atom is 0.124 e. The van der Waals surface area contributed by atoms with Crippen LogP contribution in [-0.4, -0.2) is 0 Å². The van der Waals surface area contributed by atoms with E-state index in [0.29, 0.717) is 17.9 Å². The maximum absolute atomic E-state index is 13.3. The molecule has 2 rings (SSSR count). The van der Waals surface area contributed by atoms with Crippen molar-refractivity contribution in [1.29, 1.82) is 0 Å². The molecule has 0 aromatic heterocycles. The summed E-state index contributed by atoms with van der Waals surface area (Å²) < 4.78 is 19.1. The second-order valence-corrected chi connectivity index (χ2v) is 5.19. The number of hydrogen-bond acceptors (Lipinski definition) is 2. The molecular weight excluding hydrogens is 253 g/mol. The quantitative estimate of drug-likeness (QED) is 0.912. The summed E-state index contributed by atoms with van der Waals surface area (Å²) in [4.78, 5) is 0. The summed E-state index contributed by atoms with van der Waals surface area (Å²) in [7, 11) is 0. The summed E-state index contributed by atoms with van der Waals surface area (Å²) in [6.45, 7) is 6.38. The van der Waals surface area contributed by atoms with Crippen molar-refractivity contribution in [2.75, 3.05) is 0 Å². The highest BCUT2D eigenvalue weighted by Gasteiger charge is 2.10. The zero-order chi connectivity index (χ0) is 14.7. The Labute approximate surface area is 119 Å². The predicted molar refractivity (Wildman–Crippen MR) is 79.3 cm³/mol. The van der Waals surface area contributed by atoms with Crippen molar-refractivity contribution in [2.24, 2.45) is 5.73 Å². The van der Waals surface area contributed by atoms with Gasteiger partial charge in [-0.05, 0) is 50.1 Å². The molecule has 1 atom stereocenters. The van der Waals surface area contributed by atoms with E-state index in [-0.39, 0.29) is 11.9 Å². The molecule has 2 N–H and O–H groups in total. The fourth-order valence-corrected chi connectivity index (χ4v) is 2.12. The van der Waals surface area contributed by atoms with Gasteiger partial charge in [0.05, 0.1) is 0 Å². The molecule has 0 radical (unpaired) electrons. The fraction of sp³-hybridized carbons (Fsp3) is 0.294. The van der Waals surface area contributed by atoms with Gasteiger partial charge in [-0.1, -0.05) is 23.8 Å². The van der Waals surface area contributed by atoms with Crippen LogP contribution in [0, 0.1) is 19.7 Å². The molecule has 3 heteroatoms. The lowest BCUT2D eigenvalue weighted by Gasteiger charge is -2.15. The van der Waals surface area contributed by atoms with E-state index < -0.39 is 0 Å². The number of ether oxygens (including phenoxy) is 1. The van der Waals surface area contributed by atoms with Crippen LogP contribution in [0.1, 0.15) is 35.2 Å². The Morgan fingerprint density at radius 3 is 2.60 bits per heavy atom. The molecule has 2 aromatic carbocycles. The van der Waals surface area contributed by atoms with E-state index in [1.165, 1.54) is 23.3 Å². The van der Waals surface area contributed by atoms with Crippen molar-refractivity contribution < 1.29 is 9.13 Å². The first-order valence-corrected chi connectivity index (χ1v) is 6.71. The molecule has 2 nitrogen and oxygen atoms in total. The predicted octanol–water partition coefficient (Wildman–Crippen LogP) is 4.04. The minimum absolute atomic E-state index is 0.265. The number of halogens is 1. The van der Waals surface area contributed by atoms with Gasteiger partial charge >= 0.3 is 0 Å². The van der Waals surface area contributed by atoms with E-state index in [0.717, 1.165) is 5.56 Å². The summed E-state index contributed by atoms with van der Waals surface area (Å²) in [6.07, 6.45) is 0. The molecule has 2 aromatic rings. The van der Waals surface area contributed by atoms with E-state index in [9.17, 15) is 4.39 Å². The van der Waals surface area contributed by atoms with Gasteiger partial charge in [-0.2, -0.15) is 0 Å². The number of hydrogen-bond donors (Lipinski definition) is 1. The lowest BCUT2D eigenvalue weighted by atomic mass is 10.1. The highest BCUT2D eigenvalue weighted by Crippen LogP contribution is 2.26. The Morgan fingerprint density at radius 1 is 1.15 bits per heavy atom. The standard InChI is InChI=1S/C17H20FNO/c1-11-4-5-12(2)14(8-11)10-20-17-7-6-15(18)9-16(17)13(3)19/h4-9,13H,10,19H2,1-3H3. The van der Waals surface area contributed by atoms with Crippen molar-refractivity contribution in [2.45, 2.75) is 33.4 Å². The fourth-order valence-electron chi connectivity index (χ4n) is 2.12. The molecule has 106 valence electrons. The Kier molecular flexibility index (Phi) is 4.40. The van der Waals surface area contributed by atoms with Crippen LogP contribution >= 0.6 is 0 Å². The van der Waals surface area contributed by atoms with Gasteiger partial charge in [0.15, 0.2) is 0 Å². The van der Waals surface area contributed by atoms with Gasteiger partial charge < -0.3 is 10.5 Å². The van der Waals surface area contributed by atoms with Gasteiger partial charge in [0.1, 0.15) is 18.2 Å². The molecule has 0 spiro atoms. The monoisotopic (exact) mass is 273 g/mol. The summed E-state index contributed by atoms with van der Waals surface area (Å²) in [5.74, 6) is 0.346. The molecule has 0 saturated heterocycles. The zero-order valence-electron chi connectivity index (χ0n) is 12.1. The van der Waals surface area contributed by atoms with Crippen LogP contribution in [0.5, 0.6) is 5.75 Å². The SMILES string of the molecule is Cc1ccc(C)c(COc2ccc(F)cc2C(C)N)c1. The number of benzene rings is 2. The van der Waals surface area contributed by atoms with E-state index in [4.69, 9.17) is 10.5 Å². The van der Waals surface area contributed by atoms with Crippen molar-refractivity contribution in [1.82, 2.24) is 0 Å². The topological polar surface area (TPSA) is 35.2 Å². The molecule has 0 fully saturated rings. The molecular formula is C17H20FNO. The van der Waals surface area contributed by atoms with Crippen LogP contribution in [-0.2, 0) is 6.61 Å². The highest BCUT2D eigenvalue weighted by atomic mass is 19.1. The first kappa shape index (κ1) is 14.5. The van der Waals surface area contributed by atoms with Crippen molar-refractivity contribution in [3.63, 3.8) is 0 Å². The van der Waals surface area contributed by atoms with Gasteiger partial charge in [0.25, 0.3) is 0 Å². The first-order chi connectivity index (χ1) is 9.47. The molecule has 1 unspecified atom stereocenters. The number of rotatable bonds is 4. The summed E-state index contributed by atoms with van der Waals surface area (Å²) in [5.41, 5.74) is 10.1. The summed E-state index contributed by atoms with van der Waals surface area (Å²) >= 11 is 0. The van der Waals surface area contributed by atoms with Crippen LogP contribution in [0.3, 0.4) is 0 Å². The lowest BCUT2D eigenvalue weighted by Crippen LogP contribution is -2.09. The third-order valence-corrected chi connectivity index (χ3v) is 3.35. The maximum atomic E-state index is 13.3. The molecule has 0 saturated carbocycles. The molecule has 0 bridgehead atoms.